The normalized spacial score (nSPS) is 16.5. The molecule has 0 rings (SSSR count). The van der Waals surface area contributed by atoms with Crippen LogP contribution >= 0.6 is 0 Å². The van der Waals surface area contributed by atoms with Crippen LogP contribution < -0.4 is 11.5 Å². The lowest BCUT2D eigenvalue weighted by Gasteiger charge is -2.26. The second kappa shape index (κ2) is 6.40. The minimum Gasteiger partial charge on any atom is -0.328 e. The van der Waals surface area contributed by atoms with Crippen LogP contribution in [0.2, 0.25) is 0 Å². The molecule has 0 radical (unpaired) electrons. The van der Waals surface area contributed by atoms with Gasteiger partial charge in [-0.2, -0.15) is 0 Å². The van der Waals surface area contributed by atoms with E-state index in [4.69, 9.17) is 11.5 Å². The van der Waals surface area contributed by atoms with Gasteiger partial charge in [0, 0.05) is 6.04 Å². The lowest BCUT2D eigenvalue weighted by Crippen LogP contribution is -2.42. The van der Waals surface area contributed by atoms with Gasteiger partial charge in [0.2, 0.25) is 0 Å². The molecule has 0 saturated heterocycles. The molecule has 0 aromatic carbocycles. The topological polar surface area (TPSA) is 55.3 Å². The van der Waals surface area contributed by atoms with Gasteiger partial charge < -0.3 is 11.5 Å². The molecule has 0 aliphatic heterocycles. The van der Waals surface area contributed by atoms with Gasteiger partial charge in [-0.3, -0.25) is 4.90 Å². The zero-order chi connectivity index (χ0) is 9.56. The third kappa shape index (κ3) is 4.70. The molecule has 0 aliphatic carbocycles. The van der Waals surface area contributed by atoms with Crippen LogP contribution in [-0.2, 0) is 0 Å². The Morgan fingerprint density at radius 1 is 1.08 bits per heavy atom. The molecule has 3 nitrogen and oxygen atoms in total. The van der Waals surface area contributed by atoms with E-state index in [9.17, 15) is 0 Å². The van der Waals surface area contributed by atoms with E-state index in [1.165, 1.54) is 0 Å². The maximum absolute atomic E-state index is 5.96. The smallest absolute Gasteiger partial charge is 0.0572 e. The minimum absolute atomic E-state index is 0.186. The summed E-state index contributed by atoms with van der Waals surface area (Å²) in [6.07, 6.45) is 2.20. The van der Waals surface area contributed by atoms with Crippen LogP contribution in [0, 0.1) is 0 Å². The molecule has 0 saturated carbocycles. The predicted molar refractivity (Wildman–Crippen MR) is 53.8 cm³/mol. The van der Waals surface area contributed by atoms with Gasteiger partial charge in [-0.15, -0.1) is 0 Å². The Hall–Kier alpha value is -0.120. The van der Waals surface area contributed by atoms with Gasteiger partial charge in [0.25, 0.3) is 0 Å². The molecule has 0 aromatic heterocycles. The van der Waals surface area contributed by atoms with Crippen molar-refractivity contribution in [2.75, 3.05) is 13.1 Å². The van der Waals surface area contributed by atoms with E-state index in [1.54, 1.807) is 0 Å². The van der Waals surface area contributed by atoms with Gasteiger partial charge in [0.1, 0.15) is 0 Å². The van der Waals surface area contributed by atoms with E-state index in [0.29, 0.717) is 0 Å². The van der Waals surface area contributed by atoms with Crippen molar-refractivity contribution in [3.8, 4) is 0 Å². The summed E-state index contributed by atoms with van der Waals surface area (Å²) >= 11 is 0. The van der Waals surface area contributed by atoms with E-state index in [-0.39, 0.29) is 12.2 Å². The van der Waals surface area contributed by atoms with E-state index >= 15 is 0 Å². The molecule has 3 heteroatoms. The highest BCUT2D eigenvalue weighted by Gasteiger charge is 2.10. The maximum Gasteiger partial charge on any atom is 0.0572 e. The van der Waals surface area contributed by atoms with Crippen LogP contribution in [0.4, 0.5) is 0 Å². The molecule has 0 amide bonds. The molecule has 12 heavy (non-hydrogen) atoms. The first kappa shape index (κ1) is 11.9. The molecule has 74 valence electrons. The van der Waals surface area contributed by atoms with Crippen LogP contribution in [0.1, 0.15) is 33.6 Å². The van der Waals surface area contributed by atoms with Crippen molar-refractivity contribution in [2.24, 2.45) is 11.5 Å². The maximum atomic E-state index is 5.96. The average Bonchev–Trinajstić information content (AvgIpc) is 2.03. The van der Waals surface area contributed by atoms with Gasteiger partial charge in [0.05, 0.1) is 6.17 Å². The van der Waals surface area contributed by atoms with Gasteiger partial charge in [0.15, 0.2) is 0 Å². The standard InChI is InChI=1S/C9H23N3/c1-4-12(5-2)9(11)7-6-8(3)10/h8-9H,4-7,10-11H2,1-3H3. The highest BCUT2D eigenvalue weighted by Crippen LogP contribution is 2.02. The van der Waals surface area contributed by atoms with Crippen molar-refractivity contribution >= 4 is 0 Å². The highest BCUT2D eigenvalue weighted by molar-refractivity contribution is 4.65. The number of nitrogens with two attached hydrogens (primary N) is 2. The molecule has 0 spiro atoms. The Bertz CT molecular complexity index is 99.9. The van der Waals surface area contributed by atoms with Crippen LogP contribution in [-0.4, -0.2) is 30.2 Å². The molecule has 0 fully saturated rings. The van der Waals surface area contributed by atoms with Gasteiger partial charge in [-0.25, -0.2) is 0 Å². The molecular weight excluding hydrogens is 150 g/mol. The van der Waals surface area contributed by atoms with Crippen molar-refractivity contribution in [3.05, 3.63) is 0 Å². The SMILES string of the molecule is CCN(CC)C(N)CCC(C)N. The molecule has 2 unspecified atom stereocenters. The summed E-state index contributed by atoms with van der Waals surface area (Å²) in [5.41, 5.74) is 11.6. The summed E-state index contributed by atoms with van der Waals surface area (Å²) < 4.78 is 0. The molecule has 4 N–H and O–H groups in total. The lowest BCUT2D eigenvalue weighted by atomic mass is 10.1. The zero-order valence-electron chi connectivity index (χ0n) is 8.59. The van der Waals surface area contributed by atoms with Crippen LogP contribution in [0.15, 0.2) is 0 Å². The fourth-order valence-electron chi connectivity index (χ4n) is 1.31. The van der Waals surface area contributed by atoms with Crippen molar-refractivity contribution in [2.45, 2.75) is 45.8 Å². The van der Waals surface area contributed by atoms with Crippen molar-refractivity contribution < 1.29 is 0 Å². The van der Waals surface area contributed by atoms with E-state index in [0.717, 1.165) is 25.9 Å². The monoisotopic (exact) mass is 173 g/mol. The van der Waals surface area contributed by atoms with E-state index < -0.39 is 0 Å². The number of hydrogen-bond donors (Lipinski definition) is 2. The van der Waals surface area contributed by atoms with Gasteiger partial charge >= 0.3 is 0 Å². The summed E-state index contributed by atoms with van der Waals surface area (Å²) in [5, 5.41) is 0. The molecular formula is C9H23N3. The fraction of sp³-hybridized carbons (Fsp3) is 1.00. The predicted octanol–water partition coefficient (Wildman–Crippen LogP) is 0.740. The first-order valence-corrected chi connectivity index (χ1v) is 4.87. The number of rotatable bonds is 6. The van der Waals surface area contributed by atoms with Gasteiger partial charge in [-0.05, 0) is 32.9 Å². The van der Waals surface area contributed by atoms with Crippen molar-refractivity contribution in [1.82, 2.24) is 4.90 Å². The first-order chi connectivity index (χ1) is 5.61. The van der Waals surface area contributed by atoms with Gasteiger partial charge in [-0.1, -0.05) is 13.8 Å². The second-order valence-corrected chi connectivity index (χ2v) is 3.34. The molecule has 2 atom stereocenters. The van der Waals surface area contributed by atoms with E-state index in [1.807, 2.05) is 6.92 Å². The fourth-order valence-corrected chi connectivity index (χ4v) is 1.31. The quantitative estimate of drug-likeness (QED) is 0.582. The number of nitrogens with zero attached hydrogens (tertiary/aromatic N) is 1. The number of hydrogen-bond acceptors (Lipinski definition) is 3. The van der Waals surface area contributed by atoms with Crippen LogP contribution in [0.3, 0.4) is 0 Å². The minimum atomic E-state index is 0.186. The molecule has 0 aliphatic rings. The summed E-state index contributed by atoms with van der Waals surface area (Å²) in [4.78, 5) is 2.25. The third-order valence-corrected chi connectivity index (χ3v) is 2.20. The largest absolute Gasteiger partial charge is 0.328 e. The van der Waals surface area contributed by atoms with Crippen molar-refractivity contribution in [3.63, 3.8) is 0 Å². The average molecular weight is 173 g/mol. The Labute approximate surface area is 76.1 Å². The Balaban J connectivity index is 3.61. The Kier molecular flexibility index (Phi) is 6.34. The first-order valence-electron chi connectivity index (χ1n) is 4.87. The Morgan fingerprint density at radius 2 is 1.58 bits per heavy atom. The summed E-state index contributed by atoms with van der Waals surface area (Å²) in [7, 11) is 0. The molecule has 0 bridgehead atoms. The third-order valence-electron chi connectivity index (χ3n) is 2.20. The molecule has 0 aromatic rings. The summed E-state index contributed by atoms with van der Waals surface area (Å²) in [6.45, 7) is 8.34. The molecule has 0 heterocycles. The lowest BCUT2D eigenvalue weighted by molar-refractivity contribution is 0.206. The van der Waals surface area contributed by atoms with E-state index in [2.05, 4.69) is 18.7 Å². The summed E-state index contributed by atoms with van der Waals surface area (Å²) in [6, 6.07) is 0.270. The second-order valence-electron chi connectivity index (χ2n) is 3.34. The summed E-state index contributed by atoms with van der Waals surface area (Å²) in [5.74, 6) is 0. The van der Waals surface area contributed by atoms with Crippen LogP contribution in [0.25, 0.3) is 0 Å². The van der Waals surface area contributed by atoms with Crippen LogP contribution in [0.5, 0.6) is 0 Å². The zero-order valence-corrected chi connectivity index (χ0v) is 8.59. The Morgan fingerprint density at radius 3 is 1.92 bits per heavy atom. The highest BCUT2D eigenvalue weighted by atomic mass is 15.2. The van der Waals surface area contributed by atoms with Crippen molar-refractivity contribution in [1.29, 1.82) is 0 Å².